The van der Waals surface area contributed by atoms with Gasteiger partial charge >= 0.3 is 0 Å². The summed E-state index contributed by atoms with van der Waals surface area (Å²) in [4.78, 5) is 3.09. The minimum absolute atomic E-state index is 1.000. The molecule has 0 unspecified atom stereocenters. The molecule has 49 valence electrons. The van der Waals surface area contributed by atoms with Gasteiger partial charge in [0.2, 0.25) is 0 Å². The van der Waals surface area contributed by atoms with E-state index in [0.717, 1.165) is 15.4 Å². The molecule has 0 aliphatic carbocycles. The van der Waals surface area contributed by atoms with Crippen molar-refractivity contribution < 1.29 is 0 Å². The fraction of sp³-hybridized carbons (Fsp3) is 0. The first-order chi connectivity index (χ1) is 4.86. The zero-order valence-electron chi connectivity index (χ0n) is 5.19. The SMILES string of the molecule is Brc1[c]c2cc[nH]c2cc1. The molecule has 1 nitrogen and oxygen atoms in total. The molecular formula is C8H5BrN. The van der Waals surface area contributed by atoms with Crippen LogP contribution in [0.4, 0.5) is 0 Å². The second kappa shape index (κ2) is 2.13. The first kappa shape index (κ1) is 5.98. The molecule has 1 heterocycles. The van der Waals surface area contributed by atoms with Gasteiger partial charge in [-0.15, -0.1) is 0 Å². The van der Waals surface area contributed by atoms with Crippen molar-refractivity contribution in [2.24, 2.45) is 0 Å². The molecule has 0 spiro atoms. The van der Waals surface area contributed by atoms with Gasteiger partial charge in [-0.25, -0.2) is 0 Å². The Morgan fingerprint density at radius 3 is 3.10 bits per heavy atom. The summed E-state index contributed by atoms with van der Waals surface area (Å²) in [6.45, 7) is 0. The highest BCUT2D eigenvalue weighted by molar-refractivity contribution is 9.10. The van der Waals surface area contributed by atoms with Crippen LogP contribution in [0.1, 0.15) is 0 Å². The molecule has 1 radical (unpaired) electrons. The summed E-state index contributed by atoms with van der Waals surface area (Å²) in [6, 6.07) is 9.15. The Balaban J connectivity index is 2.86. The second-order valence-electron chi connectivity index (χ2n) is 2.11. The third-order valence-corrected chi connectivity index (χ3v) is 1.89. The van der Waals surface area contributed by atoms with Gasteiger partial charge in [-0.2, -0.15) is 0 Å². The molecule has 10 heavy (non-hydrogen) atoms. The fourth-order valence-corrected chi connectivity index (χ4v) is 1.30. The average molecular weight is 195 g/mol. The average Bonchev–Trinajstić information content (AvgIpc) is 2.33. The smallest absolute Gasteiger partial charge is 0.0461 e. The van der Waals surface area contributed by atoms with E-state index in [9.17, 15) is 0 Å². The van der Waals surface area contributed by atoms with Gasteiger partial charge in [0.15, 0.2) is 0 Å². The van der Waals surface area contributed by atoms with E-state index in [0.29, 0.717) is 0 Å². The first-order valence-electron chi connectivity index (χ1n) is 3.01. The number of fused-ring (bicyclic) bond motifs is 1. The molecule has 1 aromatic heterocycles. The molecule has 0 aliphatic heterocycles. The van der Waals surface area contributed by atoms with Crippen LogP contribution < -0.4 is 0 Å². The molecule has 0 aliphatic rings. The van der Waals surface area contributed by atoms with Crippen LogP contribution in [0.5, 0.6) is 0 Å². The summed E-state index contributed by atoms with van der Waals surface area (Å²) in [7, 11) is 0. The zero-order chi connectivity index (χ0) is 6.97. The Hall–Kier alpha value is -0.760. The van der Waals surface area contributed by atoms with Gasteiger partial charge in [0, 0.05) is 27.6 Å². The van der Waals surface area contributed by atoms with E-state index >= 15 is 0 Å². The van der Waals surface area contributed by atoms with Gasteiger partial charge in [0.25, 0.3) is 0 Å². The highest BCUT2D eigenvalue weighted by Gasteiger charge is 1.92. The van der Waals surface area contributed by atoms with Gasteiger partial charge in [-0.05, 0) is 18.2 Å². The molecule has 0 saturated carbocycles. The summed E-state index contributed by atoms with van der Waals surface area (Å²) in [5.74, 6) is 0. The second-order valence-corrected chi connectivity index (χ2v) is 2.97. The van der Waals surface area contributed by atoms with Crippen molar-refractivity contribution in [3.05, 3.63) is 34.9 Å². The molecule has 0 bridgehead atoms. The number of aromatic nitrogens is 1. The number of hydrogen-bond donors (Lipinski definition) is 1. The predicted octanol–water partition coefficient (Wildman–Crippen LogP) is 2.73. The van der Waals surface area contributed by atoms with E-state index in [-0.39, 0.29) is 0 Å². The highest BCUT2D eigenvalue weighted by Crippen LogP contribution is 2.16. The van der Waals surface area contributed by atoms with Crippen LogP contribution >= 0.6 is 15.9 Å². The number of H-pyrrole nitrogens is 1. The topological polar surface area (TPSA) is 15.8 Å². The number of benzene rings is 1. The Morgan fingerprint density at radius 1 is 1.30 bits per heavy atom. The summed E-state index contributed by atoms with van der Waals surface area (Å²) in [5.41, 5.74) is 1.13. The number of nitrogens with one attached hydrogen (secondary N) is 1. The molecule has 1 N–H and O–H groups in total. The Bertz CT molecular complexity index is 351. The van der Waals surface area contributed by atoms with Crippen LogP contribution in [0, 0.1) is 6.07 Å². The van der Waals surface area contributed by atoms with Crippen molar-refractivity contribution in [1.29, 1.82) is 0 Å². The molecule has 2 rings (SSSR count). The van der Waals surface area contributed by atoms with E-state index in [2.05, 4.69) is 27.0 Å². The van der Waals surface area contributed by atoms with E-state index in [1.807, 2.05) is 24.4 Å². The van der Waals surface area contributed by atoms with Crippen LogP contribution in [0.15, 0.2) is 28.9 Å². The van der Waals surface area contributed by atoms with E-state index in [1.165, 1.54) is 0 Å². The highest BCUT2D eigenvalue weighted by atomic mass is 79.9. The molecule has 0 amide bonds. The zero-order valence-corrected chi connectivity index (χ0v) is 6.77. The summed E-state index contributed by atoms with van der Waals surface area (Å²) >= 11 is 3.35. The molecule has 0 atom stereocenters. The van der Waals surface area contributed by atoms with Crippen LogP contribution in [-0.4, -0.2) is 4.98 Å². The summed E-state index contributed by atoms with van der Waals surface area (Å²) in [5, 5.41) is 1.12. The minimum atomic E-state index is 1.000. The summed E-state index contributed by atoms with van der Waals surface area (Å²) < 4.78 is 1.000. The number of halogens is 1. The first-order valence-corrected chi connectivity index (χ1v) is 3.80. The lowest BCUT2D eigenvalue weighted by atomic mass is 10.3. The van der Waals surface area contributed by atoms with E-state index in [4.69, 9.17) is 0 Å². The lowest BCUT2D eigenvalue weighted by Crippen LogP contribution is -1.66. The van der Waals surface area contributed by atoms with Gasteiger partial charge < -0.3 is 4.98 Å². The lowest BCUT2D eigenvalue weighted by molar-refractivity contribution is 1.47. The molecular weight excluding hydrogens is 190 g/mol. The molecule has 2 heteroatoms. The molecule has 2 aromatic rings. The van der Waals surface area contributed by atoms with Gasteiger partial charge in [-0.3, -0.25) is 0 Å². The normalized spacial score (nSPS) is 10.5. The maximum Gasteiger partial charge on any atom is 0.0461 e. The molecule has 0 fully saturated rings. The lowest BCUT2D eigenvalue weighted by Gasteiger charge is -1.88. The third-order valence-electron chi connectivity index (χ3n) is 1.43. The van der Waals surface area contributed by atoms with E-state index < -0.39 is 0 Å². The van der Waals surface area contributed by atoms with Crippen molar-refractivity contribution in [3.63, 3.8) is 0 Å². The third kappa shape index (κ3) is 0.847. The van der Waals surface area contributed by atoms with Gasteiger partial charge in [-0.1, -0.05) is 15.9 Å². The van der Waals surface area contributed by atoms with Crippen molar-refractivity contribution in [2.75, 3.05) is 0 Å². The van der Waals surface area contributed by atoms with E-state index in [1.54, 1.807) is 0 Å². The number of aromatic amines is 1. The van der Waals surface area contributed by atoms with Crippen LogP contribution in [0.25, 0.3) is 10.9 Å². The predicted molar refractivity (Wildman–Crippen MR) is 44.8 cm³/mol. The number of hydrogen-bond acceptors (Lipinski definition) is 0. The standard InChI is InChI=1S/C8H5BrN/c9-7-1-2-8-6(5-7)3-4-10-8/h1-4,10H. The quantitative estimate of drug-likeness (QED) is 0.665. The van der Waals surface area contributed by atoms with Crippen molar-refractivity contribution in [1.82, 2.24) is 4.98 Å². The maximum absolute atomic E-state index is 3.35. The monoisotopic (exact) mass is 194 g/mol. The maximum atomic E-state index is 3.35. The molecule has 1 aromatic carbocycles. The minimum Gasteiger partial charge on any atom is -0.361 e. The Kier molecular flexibility index (Phi) is 1.27. The van der Waals surface area contributed by atoms with Gasteiger partial charge in [0.1, 0.15) is 0 Å². The van der Waals surface area contributed by atoms with Crippen molar-refractivity contribution in [2.45, 2.75) is 0 Å². The Morgan fingerprint density at radius 2 is 2.20 bits per heavy atom. The Labute approximate surface area is 67.2 Å². The van der Waals surface area contributed by atoms with Crippen molar-refractivity contribution >= 4 is 26.8 Å². The van der Waals surface area contributed by atoms with Crippen molar-refractivity contribution in [3.8, 4) is 0 Å². The molecule has 0 saturated heterocycles. The summed E-state index contributed by atoms with van der Waals surface area (Å²) in [6.07, 6.45) is 1.91. The van der Waals surface area contributed by atoms with Crippen LogP contribution in [0.2, 0.25) is 0 Å². The fourth-order valence-electron chi connectivity index (χ4n) is 0.956. The van der Waals surface area contributed by atoms with Crippen LogP contribution in [-0.2, 0) is 0 Å². The largest absolute Gasteiger partial charge is 0.361 e. The number of rotatable bonds is 0. The van der Waals surface area contributed by atoms with Gasteiger partial charge in [0.05, 0.1) is 0 Å². The van der Waals surface area contributed by atoms with Crippen LogP contribution in [0.3, 0.4) is 0 Å².